The van der Waals surface area contributed by atoms with Crippen LogP contribution >= 0.6 is 23.1 Å². The van der Waals surface area contributed by atoms with Crippen LogP contribution in [0.3, 0.4) is 0 Å². The van der Waals surface area contributed by atoms with Crippen molar-refractivity contribution >= 4 is 40.6 Å². The second-order valence-electron chi connectivity index (χ2n) is 6.16. The Labute approximate surface area is 166 Å². The SMILES string of the molecule is Cc1cc(C(=O)Nc2ccccc2SCC(N)=O)c(C)n1Cc1cccs1. The summed E-state index contributed by atoms with van der Waals surface area (Å²) in [5.41, 5.74) is 8.53. The van der Waals surface area contributed by atoms with Crippen LogP contribution in [0, 0.1) is 13.8 Å². The summed E-state index contributed by atoms with van der Waals surface area (Å²) in [5, 5.41) is 5.02. The minimum absolute atomic E-state index is 0.160. The molecule has 2 amide bonds. The highest BCUT2D eigenvalue weighted by Crippen LogP contribution is 2.28. The molecule has 0 saturated carbocycles. The molecular weight excluding hydrogens is 378 g/mol. The lowest BCUT2D eigenvalue weighted by atomic mass is 10.2. The number of nitrogens with one attached hydrogen (secondary N) is 1. The van der Waals surface area contributed by atoms with E-state index in [4.69, 9.17) is 5.73 Å². The molecule has 0 fully saturated rings. The van der Waals surface area contributed by atoms with Crippen LogP contribution < -0.4 is 11.1 Å². The first kappa shape index (κ1) is 19.3. The molecule has 3 rings (SSSR count). The predicted octanol–water partition coefficient (Wildman–Crippen LogP) is 4.04. The summed E-state index contributed by atoms with van der Waals surface area (Å²) in [7, 11) is 0. The van der Waals surface area contributed by atoms with Crippen molar-refractivity contribution in [1.29, 1.82) is 0 Å². The van der Waals surface area contributed by atoms with E-state index in [1.807, 2.05) is 50.2 Å². The summed E-state index contributed by atoms with van der Waals surface area (Å²) >= 11 is 3.02. The van der Waals surface area contributed by atoms with Crippen LogP contribution in [0.4, 0.5) is 5.69 Å². The molecule has 0 aliphatic heterocycles. The lowest BCUT2D eigenvalue weighted by molar-refractivity contribution is -0.115. The molecule has 140 valence electrons. The third-order valence-electron chi connectivity index (χ3n) is 4.22. The Morgan fingerprint density at radius 1 is 1.19 bits per heavy atom. The van der Waals surface area contributed by atoms with Crippen LogP contribution in [0.1, 0.15) is 26.6 Å². The lowest BCUT2D eigenvalue weighted by Crippen LogP contribution is -2.15. The van der Waals surface area contributed by atoms with Gasteiger partial charge < -0.3 is 15.6 Å². The monoisotopic (exact) mass is 399 g/mol. The van der Waals surface area contributed by atoms with E-state index in [1.165, 1.54) is 16.6 Å². The Morgan fingerprint density at radius 3 is 2.67 bits per heavy atom. The maximum absolute atomic E-state index is 12.9. The van der Waals surface area contributed by atoms with E-state index in [1.54, 1.807) is 11.3 Å². The van der Waals surface area contributed by atoms with Crippen molar-refractivity contribution in [1.82, 2.24) is 4.57 Å². The first-order valence-electron chi connectivity index (χ1n) is 8.46. The Morgan fingerprint density at radius 2 is 1.96 bits per heavy atom. The standard InChI is InChI=1S/C20H21N3O2S2/c1-13-10-16(14(2)23(13)11-15-6-5-9-26-15)20(25)22-17-7-3-4-8-18(17)27-12-19(21)24/h3-10H,11-12H2,1-2H3,(H2,21,24)(H,22,25). The maximum Gasteiger partial charge on any atom is 0.257 e. The number of thioether (sulfide) groups is 1. The molecule has 0 bridgehead atoms. The van der Waals surface area contributed by atoms with Crippen LogP contribution in [-0.4, -0.2) is 22.1 Å². The zero-order valence-corrected chi connectivity index (χ0v) is 16.8. The van der Waals surface area contributed by atoms with E-state index in [9.17, 15) is 9.59 Å². The summed E-state index contributed by atoms with van der Waals surface area (Å²) in [5.74, 6) is -0.381. The van der Waals surface area contributed by atoms with E-state index in [2.05, 4.69) is 21.3 Å². The summed E-state index contributed by atoms with van der Waals surface area (Å²) in [6, 6.07) is 13.4. The molecule has 0 spiro atoms. The summed E-state index contributed by atoms with van der Waals surface area (Å²) in [4.78, 5) is 26.0. The molecule has 0 unspecified atom stereocenters. The summed E-state index contributed by atoms with van der Waals surface area (Å²) in [6.45, 7) is 4.73. The zero-order valence-electron chi connectivity index (χ0n) is 15.2. The van der Waals surface area contributed by atoms with Crippen molar-refractivity contribution in [3.05, 3.63) is 69.7 Å². The molecule has 0 saturated heterocycles. The van der Waals surface area contributed by atoms with E-state index in [-0.39, 0.29) is 11.7 Å². The summed E-state index contributed by atoms with van der Waals surface area (Å²) < 4.78 is 2.15. The number of para-hydroxylation sites is 1. The van der Waals surface area contributed by atoms with Gasteiger partial charge in [0.2, 0.25) is 5.91 Å². The van der Waals surface area contributed by atoms with Gasteiger partial charge in [0, 0.05) is 21.2 Å². The van der Waals surface area contributed by atoms with Gasteiger partial charge in [0.15, 0.2) is 0 Å². The van der Waals surface area contributed by atoms with Gasteiger partial charge in [0.25, 0.3) is 5.91 Å². The number of nitrogens with two attached hydrogens (primary N) is 1. The number of nitrogens with zero attached hydrogens (tertiary/aromatic N) is 1. The van der Waals surface area contributed by atoms with Crippen LogP contribution in [0.15, 0.2) is 52.7 Å². The molecule has 2 heterocycles. The fourth-order valence-electron chi connectivity index (χ4n) is 2.87. The number of aryl methyl sites for hydroxylation is 1. The van der Waals surface area contributed by atoms with Gasteiger partial charge >= 0.3 is 0 Å². The largest absolute Gasteiger partial charge is 0.369 e. The minimum atomic E-state index is -0.391. The molecule has 0 aliphatic rings. The van der Waals surface area contributed by atoms with Gasteiger partial charge in [-0.3, -0.25) is 9.59 Å². The summed E-state index contributed by atoms with van der Waals surface area (Å²) in [6.07, 6.45) is 0. The van der Waals surface area contributed by atoms with Crippen LogP contribution in [0.5, 0.6) is 0 Å². The molecule has 0 radical (unpaired) electrons. The highest BCUT2D eigenvalue weighted by Gasteiger charge is 2.17. The number of carbonyl (C=O) groups excluding carboxylic acids is 2. The van der Waals surface area contributed by atoms with Crippen LogP contribution in [-0.2, 0) is 11.3 Å². The van der Waals surface area contributed by atoms with Crippen molar-refractivity contribution in [2.24, 2.45) is 5.73 Å². The van der Waals surface area contributed by atoms with Crippen molar-refractivity contribution in [3.63, 3.8) is 0 Å². The molecular formula is C20H21N3O2S2. The van der Waals surface area contributed by atoms with Crippen molar-refractivity contribution in [2.45, 2.75) is 25.3 Å². The third-order valence-corrected chi connectivity index (χ3v) is 6.17. The fourth-order valence-corrected chi connectivity index (χ4v) is 4.31. The molecule has 27 heavy (non-hydrogen) atoms. The van der Waals surface area contributed by atoms with Crippen molar-refractivity contribution < 1.29 is 9.59 Å². The number of hydrogen-bond donors (Lipinski definition) is 2. The fraction of sp³-hybridized carbons (Fsp3) is 0.200. The average molecular weight is 400 g/mol. The van der Waals surface area contributed by atoms with Gasteiger partial charge in [-0.25, -0.2) is 0 Å². The molecule has 0 atom stereocenters. The molecule has 1 aromatic carbocycles. The minimum Gasteiger partial charge on any atom is -0.369 e. The lowest BCUT2D eigenvalue weighted by Gasteiger charge is -2.11. The van der Waals surface area contributed by atoms with Crippen LogP contribution in [0.25, 0.3) is 0 Å². The number of anilines is 1. The number of aromatic nitrogens is 1. The number of thiophene rings is 1. The smallest absolute Gasteiger partial charge is 0.257 e. The average Bonchev–Trinajstić information content (AvgIpc) is 3.24. The number of amides is 2. The van der Waals surface area contributed by atoms with Gasteiger partial charge in [-0.2, -0.15) is 0 Å². The third kappa shape index (κ3) is 4.61. The second-order valence-corrected chi connectivity index (χ2v) is 8.21. The topological polar surface area (TPSA) is 77.1 Å². The number of hydrogen-bond acceptors (Lipinski definition) is 4. The van der Waals surface area contributed by atoms with Gasteiger partial charge in [0.05, 0.1) is 23.5 Å². The number of carbonyl (C=O) groups is 2. The highest BCUT2D eigenvalue weighted by atomic mass is 32.2. The van der Waals surface area contributed by atoms with Gasteiger partial charge in [-0.05, 0) is 43.5 Å². The van der Waals surface area contributed by atoms with Crippen molar-refractivity contribution in [2.75, 3.05) is 11.1 Å². The van der Waals surface area contributed by atoms with Gasteiger partial charge in [0.1, 0.15) is 0 Å². The Hall–Kier alpha value is -2.51. The predicted molar refractivity (Wildman–Crippen MR) is 112 cm³/mol. The van der Waals surface area contributed by atoms with E-state index < -0.39 is 5.91 Å². The quantitative estimate of drug-likeness (QED) is 0.589. The highest BCUT2D eigenvalue weighted by molar-refractivity contribution is 8.00. The van der Waals surface area contributed by atoms with Crippen molar-refractivity contribution in [3.8, 4) is 0 Å². The van der Waals surface area contributed by atoms with Gasteiger partial charge in [-0.15, -0.1) is 23.1 Å². The Kier molecular flexibility index (Phi) is 6.03. The second kappa shape index (κ2) is 8.45. The van der Waals surface area contributed by atoms with Gasteiger partial charge in [-0.1, -0.05) is 18.2 Å². The molecule has 3 N–H and O–H groups in total. The first-order chi connectivity index (χ1) is 13.0. The zero-order chi connectivity index (χ0) is 19.4. The van der Waals surface area contributed by atoms with E-state index >= 15 is 0 Å². The van der Waals surface area contributed by atoms with E-state index in [0.717, 1.165) is 22.8 Å². The molecule has 3 aromatic rings. The molecule has 0 aliphatic carbocycles. The molecule has 2 aromatic heterocycles. The normalized spacial score (nSPS) is 10.7. The van der Waals surface area contributed by atoms with Crippen LogP contribution in [0.2, 0.25) is 0 Å². The number of rotatable bonds is 7. The number of benzene rings is 1. The van der Waals surface area contributed by atoms with E-state index in [0.29, 0.717) is 11.3 Å². The maximum atomic E-state index is 12.9. The first-order valence-corrected chi connectivity index (χ1v) is 10.3. The Balaban J connectivity index is 1.80. The molecule has 7 heteroatoms. The number of primary amides is 1. The Bertz CT molecular complexity index is 962. The molecule has 5 nitrogen and oxygen atoms in total.